The van der Waals surface area contributed by atoms with Gasteiger partial charge in [0, 0.05) is 24.4 Å². The molecule has 3 aromatic rings. The number of anilines is 1. The molecule has 0 aliphatic rings. The molecule has 138 valence electrons. The van der Waals surface area contributed by atoms with Gasteiger partial charge in [-0.3, -0.25) is 9.20 Å². The molecule has 7 nitrogen and oxygen atoms in total. The van der Waals surface area contributed by atoms with E-state index in [9.17, 15) is 18.0 Å². The van der Waals surface area contributed by atoms with Gasteiger partial charge in [-0.1, -0.05) is 28.5 Å². The molecule has 1 N–H and O–H groups in total. The number of hydrogen-bond donors (Lipinski definition) is 1. The zero-order valence-electron chi connectivity index (χ0n) is 13.2. The van der Waals surface area contributed by atoms with Gasteiger partial charge in [0.2, 0.25) is 5.91 Å². The Bertz CT molecular complexity index is 956. The second-order valence-electron chi connectivity index (χ2n) is 5.22. The quantitative estimate of drug-likeness (QED) is 0.649. The highest BCUT2D eigenvalue weighted by Crippen LogP contribution is 2.33. The molecule has 12 heteroatoms. The number of fused-ring (bicyclic) bond motifs is 1. The van der Waals surface area contributed by atoms with Gasteiger partial charge in [-0.25, -0.2) is 0 Å². The van der Waals surface area contributed by atoms with Crippen LogP contribution in [0.3, 0.4) is 0 Å². The van der Waals surface area contributed by atoms with Gasteiger partial charge in [-0.2, -0.15) is 13.2 Å². The normalized spacial score (nSPS) is 11.9. The summed E-state index contributed by atoms with van der Waals surface area (Å²) >= 11 is 6.93. The van der Waals surface area contributed by atoms with Crippen LogP contribution in [0.25, 0.3) is 5.65 Å². The first-order chi connectivity index (χ1) is 12.2. The van der Waals surface area contributed by atoms with Crippen molar-refractivity contribution in [2.75, 3.05) is 11.1 Å². The lowest BCUT2D eigenvalue weighted by atomic mass is 10.3. The molecule has 0 aliphatic carbocycles. The molecule has 0 aliphatic heterocycles. The Labute approximate surface area is 153 Å². The molecule has 0 saturated heterocycles. The highest BCUT2D eigenvalue weighted by atomic mass is 35.5. The number of rotatable bonds is 5. The number of hydrogen-bond acceptors (Lipinski definition) is 6. The first kappa shape index (κ1) is 18.5. The number of alkyl halides is 3. The highest BCUT2D eigenvalue weighted by molar-refractivity contribution is 7.99. The minimum absolute atomic E-state index is 0.0954. The van der Waals surface area contributed by atoms with Crippen molar-refractivity contribution in [3.05, 3.63) is 34.7 Å². The Hall–Kier alpha value is -2.27. The van der Waals surface area contributed by atoms with Gasteiger partial charge in [0.1, 0.15) is 5.76 Å². The van der Waals surface area contributed by atoms with Gasteiger partial charge in [0.05, 0.1) is 10.6 Å². The van der Waals surface area contributed by atoms with Crippen molar-refractivity contribution in [2.45, 2.75) is 24.7 Å². The zero-order chi connectivity index (χ0) is 18.9. The minimum atomic E-state index is -4.54. The molecule has 0 atom stereocenters. The van der Waals surface area contributed by atoms with Gasteiger partial charge < -0.3 is 9.84 Å². The number of nitrogens with one attached hydrogen (secondary N) is 1. The molecule has 3 aromatic heterocycles. The maximum absolute atomic E-state index is 12.9. The van der Waals surface area contributed by atoms with Crippen molar-refractivity contribution >= 4 is 40.7 Å². The fraction of sp³-hybridized carbons (Fsp3) is 0.286. The number of nitrogens with zero attached hydrogens (tertiary/aromatic N) is 4. The number of aromatic nitrogens is 4. The Morgan fingerprint density at radius 2 is 2.15 bits per heavy atom. The summed E-state index contributed by atoms with van der Waals surface area (Å²) in [6.45, 7) is 1.69. The standard InChI is InChI=1S/C14H11ClF3N5O2S/c1-7-4-10(22-25-7)19-11(24)2-3-26-13-21-20-12-9(15)5-8(6-23(12)13)14(16,17)18/h4-6H,2-3H2,1H3,(H,19,22,24). The van der Waals surface area contributed by atoms with E-state index in [1.807, 2.05) is 0 Å². The smallest absolute Gasteiger partial charge is 0.360 e. The average Bonchev–Trinajstić information content (AvgIpc) is 3.13. The van der Waals surface area contributed by atoms with Crippen LogP contribution in [-0.4, -0.2) is 31.4 Å². The molecule has 0 unspecified atom stereocenters. The van der Waals surface area contributed by atoms with Crippen LogP contribution in [0.5, 0.6) is 0 Å². The Morgan fingerprint density at radius 1 is 1.38 bits per heavy atom. The van der Waals surface area contributed by atoms with Crippen molar-refractivity contribution in [1.29, 1.82) is 0 Å². The Morgan fingerprint density at radius 3 is 2.81 bits per heavy atom. The van der Waals surface area contributed by atoms with Crippen LogP contribution in [-0.2, 0) is 11.0 Å². The first-order valence-corrected chi connectivity index (χ1v) is 8.58. The van der Waals surface area contributed by atoms with E-state index in [1.165, 1.54) is 0 Å². The summed E-state index contributed by atoms with van der Waals surface area (Å²) in [6.07, 6.45) is -3.57. The fourth-order valence-electron chi connectivity index (χ4n) is 2.05. The van der Waals surface area contributed by atoms with Gasteiger partial charge in [-0.15, -0.1) is 10.2 Å². The van der Waals surface area contributed by atoms with Crippen molar-refractivity contribution in [3.8, 4) is 0 Å². The van der Waals surface area contributed by atoms with E-state index in [4.69, 9.17) is 16.1 Å². The topological polar surface area (TPSA) is 85.3 Å². The third kappa shape index (κ3) is 4.10. The van der Waals surface area contributed by atoms with E-state index in [0.717, 1.165) is 28.4 Å². The maximum Gasteiger partial charge on any atom is 0.417 e. The zero-order valence-corrected chi connectivity index (χ0v) is 14.7. The largest absolute Gasteiger partial charge is 0.417 e. The van der Waals surface area contributed by atoms with Crippen molar-refractivity contribution < 1.29 is 22.5 Å². The van der Waals surface area contributed by atoms with Crippen LogP contribution in [0.15, 0.2) is 28.0 Å². The summed E-state index contributed by atoms with van der Waals surface area (Å²) < 4.78 is 44.7. The van der Waals surface area contributed by atoms with Crippen LogP contribution >= 0.6 is 23.4 Å². The molecular weight excluding hydrogens is 395 g/mol. The summed E-state index contributed by atoms with van der Waals surface area (Å²) in [5.41, 5.74) is -0.791. The molecule has 0 radical (unpaired) electrons. The number of pyridine rings is 1. The monoisotopic (exact) mass is 405 g/mol. The van der Waals surface area contributed by atoms with E-state index in [0.29, 0.717) is 11.6 Å². The van der Waals surface area contributed by atoms with E-state index >= 15 is 0 Å². The van der Waals surface area contributed by atoms with Crippen LogP contribution in [0, 0.1) is 6.92 Å². The van der Waals surface area contributed by atoms with E-state index in [-0.39, 0.29) is 33.9 Å². The SMILES string of the molecule is Cc1cc(NC(=O)CCSc2nnc3c(Cl)cc(C(F)(F)F)cn23)no1. The van der Waals surface area contributed by atoms with Gasteiger partial charge >= 0.3 is 6.18 Å². The van der Waals surface area contributed by atoms with Gasteiger partial charge in [-0.05, 0) is 13.0 Å². The molecule has 0 fully saturated rings. The first-order valence-electron chi connectivity index (χ1n) is 7.21. The van der Waals surface area contributed by atoms with E-state index in [2.05, 4.69) is 20.7 Å². The molecule has 26 heavy (non-hydrogen) atoms. The fourth-order valence-corrected chi connectivity index (χ4v) is 3.15. The molecule has 0 bridgehead atoms. The van der Waals surface area contributed by atoms with Crippen LogP contribution in [0.1, 0.15) is 17.7 Å². The van der Waals surface area contributed by atoms with Gasteiger partial charge in [0.15, 0.2) is 16.6 Å². The van der Waals surface area contributed by atoms with E-state index < -0.39 is 11.7 Å². The average molecular weight is 406 g/mol. The second kappa shape index (κ2) is 7.16. The molecule has 0 spiro atoms. The number of thioether (sulfide) groups is 1. The van der Waals surface area contributed by atoms with Crippen LogP contribution in [0.4, 0.5) is 19.0 Å². The summed E-state index contributed by atoms with van der Waals surface area (Å²) in [6, 6.07) is 2.37. The lowest BCUT2D eigenvalue weighted by molar-refractivity contribution is -0.137. The molecule has 0 saturated carbocycles. The summed E-state index contributed by atoms with van der Waals surface area (Å²) in [7, 11) is 0. The number of carbonyl (C=O) groups excluding carboxylic acids is 1. The Balaban J connectivity index is 1.67. The summed E-state index contributed by atoms with van der Waals surface area (Å²) in [4.78, 5) is 11.8. The molecule has 1 amide bonds. The number of carbonyl (C=O) groups is 1. The van der Waals surface area contributed by atoms with Crippen LogP contribution in [0.2, 0.25) is 5.02 Å². The molecule has 3 heterocycles. The summed E-state index contributed by atoms with van der Waals surface area (Å²) in [5.74, 6) is 0.819. The lowest BCUT2D eigenvalue weighted by Gasteiger charge is -2.08. The predicted molar refractivity (Wildman–Crippen MR) is 88.2 cm³/mol. The predicted octanol–water partition coefficient (Wildman–Crippen LogP) is 3.82. The van der Waals surface area contributed by atoms with Crippen molar-refractivity contribution in [1.82, 2.24) is 19.8 Å². The second-order valence-corrected chi connectivity index (χ2v) is 6.69. The van der Waals surface area contributed by atoms with E-state index in [1.54, 1.807) is 13.0 Å². The van der Waals surface area contributed by atoms with Gasteiger partial charge in [0.25, 0.3) is 0 Å². The molecule has 0 aromatic carbocycles. The number of amides is 1. The minimum Gasteiger partial charge on any atom is -0.360 e. The van der Waals surface area contributed by atoms with Crippen molar-refractivity contribution in [3.63, 3.8) is 0 Å². The third-order valence-electron chi connectivity index (χ3n) is 3.21. The van der Waals surface area contributed by atoms with Crippen LogP contribution < -0.4 is 5.32 Å². The maximum atomic E-state index is 12.9. The van der Waals surface area contributed by atoms with Crippen molar-refractivity contribution in [2.24, 2.45) is 0 Å². The highest BCUT2D eigenvalue weighted by Gasteiger charge is 2.32. The molecular formula is C14H11ClF3N5O2S. The summed E-state index contributed by atoms with van der Waals surface area (Å²) in [5, 5.41) is 13.8. The lowest BCUT2D eigenvalue weighted by Crippen LogP contribution is -2.12. The number of halogens is 4. The third-order valence-corrected chi connectivity index (χ3v) is 4.43. The number of aryl methyl sites for hydroxylation is 1. The Kier molecular flexibility index (Phi) is 5.10. The molecule has 3 rings (SSSR count).